The highest BCUT2D eigenvalue weighted by atomic mass is 35.5. The summed E-state index contributed by atoms with van der Waals surface area (Å²) in [4.78, 5) is 4.14. The molecular weight excluding hydrogens is 278 g/mol. The van der Waals surface area contributed by atoms with E-state index in [0.717, 1.165) is 0 Å². The van der Waals surface area contributed by atoms with Crippen LogP contribution in [0.4, 0.5) is 11.5 Å². The second-order valence-corrected chi connectivity index (χ2v) is 4.49. The molecule has 2 aromatic heterocycles. The number of benzene rings is 1. The van der Waals surface area contributed by atoms with Crippen LogP contribution in [0, 0.1) is 11.3 Å². The zero-order chi connectivity index (χ0) is 14.3. The van der Waals surface area contributed by atoms with Crippen molar-refractivity contribution in [3.8, 4) is 11.8 Å². The van der Waals surface area contributed by atoms with E-state index in [0.29, 0.717) is 21.9 Å². The molecule has 0 amide bonds. The highest BCUT2D eigenvalue weighted by Crippen LogP contribution is 2.26. The van der Waals surface area contributed by atoms with E-state index in [9.17, 15) is 0 Å². The number of hydrogen-bond donors (Lipinski definition) is 2. The van der Waals surface area contributed by atoms with Gasteiger partial charge in [-0.05, 0) is 18.2 Å². The number of pyridine rings is 1. The Morgan fingerprint density at radius 3 is 2.80 bits per heavy atom. The number of rotatable bonds is 1. The molecule has 0 spiro atoms. The van der Waals surface area contributed by atoms with Crippen LogP contribution in [0.25, 0.3) is 16.9 Å². The Balaban J connectivity index is 2.33. The molecule has 0 aliphatic rings. The van der Waals surface area contributed by atoms with Crippen molar-refractivity contribution in [2.24, 2.45) is 0 Å². The third kappa shape index (κ3) is 1.71. The average molecular weight is 286 g/mol. The van der Waals surface area contributed by atoms with Gasteiger partial charge in [-0.15, -0.1) is 5.10 Å². The molecular formula is C12H8ClN7. The first-order valence-electron chi connectivity index (χ1n) is 5.58. The van der Waals surface area contributed by atoms with Crippen molar-refractivity contribution in [2.45, 2.75) is 0 Å². The van der Waals surface area contributed by atoms with Crippen LogP contribution >= 0.6 is 11.6 Å². The van der Waals surface area contributed by atoms with Gasteiger partial charge in [-0.3, -0.25) is 0 Å². The molecule has 0 fully saturated rings. The van der Waals surface area contributed by atoms with Gasteiger partial charge in [0.1, 0.15) is 17.5 Å². The van der Waals surface area contributed by atoms with E-state index in [1.165, 1.54) is 4.68 Å². The lowest BCUT2D eigenvalue weighted by molar-refractivity contribution is 0.817. The number of nitrogen functional groups attached to an aromatic ring is 2. The van der Waals surface area contributed by atoms with Crippen LogP contribution in [0.3, 0.4) is 0 Å². The van der Waals surface area contributed by atoms with Gasteiger partial charge in [0.15, 0.2) is 11.2 Å². The van der Waals surface area contributed by atoms with Gasteiger partial charge in [0.05, 0.1) is 11.4 Å². The molecule has 1 aromatic carbocycles. The van der Waals surface area contributed by atoms with Crippen LogP contribution in [0.1, 0.15) is 5.56 Å². The maximum absolute atomic E-state index is 9.00. The van der Waals surface area contributed by atoms with Crippen LogP contribution < -0.4 is 11.5 Å². The van der Waals surface area contributed by atoms with Gasteiger partial charge in [0.2, 0.25) is 0 Å². The Bertz CT molecular complexity index is 862. The molecule has 8 heteroatoms. The Morgan fingerprint density at radius 2 is 2.10 bits per heavy atom. The number of aromatic nitrogens is 4. The van der Waals surface area contributed by atoms with Crippen LogP contribution in [-0.4, -0.2) is 20.0 Å². The van der Waals surface area contributed by atoms with Crippen LogP contribution in [-0.2, 0) is 0 Å². The van der Waals surface area contributed by atoms with Crippen molar-refractivity contribution >= 4 is 34.3 Å². The van der Waals surface area contributed by atoms with E-state index < -0.39 is 0 Å². The minimum Gasteiger partial charge on any atom is -0.396 e. The Kier molecular flexibility index (Phi) is 2.66. The van der Waals surface area contributed by atoms with Gasteiger partial charge in [0.25, 0.3) is 0 Å². The predicted molar refractivity (Wildman–Crippen MR) is 75.2 cm³/mol. The van der Waals surface area contributed by atoms with E-state index in [2.05, 4.69) is 15.3 Å². The summed E-state index contributed by atoms with van der Waals surface area (Å²) in [7, 11) is 0. The minimum atomic E-state index is 0.0445. The number of halogens is 1. The van der Waals surface area contributed by atoms with E-state index in [4.69, 9.17) is 28.3 Å². The molecule has 0 unspecified atom stereocenters. The normalized spacial score (nSPS) is 10.6. The number of hydrogen-bond acceptors (Lipinski definition) is 6. The molecule has 20 heavy (non-hydrogen) atoms. The lowest BCUT2D eigenvalue weighted by Gasteiger charge is -2.04. The predicted octanol–water partition coefficient (Wildman–Crippen LogP) is 1.50. The number of nitrogens with zero attached hydrogens (tertiary/aromatic N) is 5. The zero-order valence-electron chi connectivity index (χ0n) is 10.1. The molecule has 98 valence electrons. The average Bonchev–Trinajstić information content (AvgIpc) is 2.83. The third-order valence-corrected chi connectivity index (χ3v) is 3.05. The molecule has 0 saturated heterocycles. The molecule has 0 aliphatic heterocycles. The summed E-state index contributed by atoms with van der Waals surface area (Å²) in [6, 6.07) is 8.93. The summed E-state index contributed by atoms with van der Waals surface area (Å²) in [5, 5.41) is 17.5. The van der Waals surface area contributed by atoms with Crippen molar-refractivity contribution in [2.75, 3.05) is 11.5 Å². The van der Waals surface area contributed by atoms with E-state index in [-0.39, 0.29) is 17.1 Å². The highest BCUT2D eigenvalue weighted by Gasteiger charge is 2.17. The van der Waals surface area contributed by atoms with E-state index >= 15 is 0 Å². The van der Waals surface area contributed by atoms with Gasteiger partial charge >= 0.3 is 0 Å². The summed E-state index contributed by atoms with van der Waals surface area (Å²) in [5.41, 5.74) is 13.3. The largest absolute Gasteiger partial charge is 0.396 e. The number of nitriles is 1. The van der Waals surface area contributed by atoms with E-state index in [1.807, 2.05) is 6.07 Å². The van der Waals surface area contributed by atoms with Gasteiger partial charge in [0, 0.05) is 5.02 Å². The molecule has 0 aliphatic carbocycles. The summed E-state index contributed by atoms with van der Waals surface area (Å²) in [6.07, 6.45) is 0. The fourth-order valence-electron chi connectivity index (χ4n) is 1.88. The van der Waals surface area contributed by atoms with Gasteiger partial charge in [-0.2, -0.15) is 9.94 Å². The molecule has 4 N–H and O–H groups in total. The molecule has 3 aromatic rings. The number of anilines is 2. The molecule has 2 heterocycles. The minimum absolute atomic E-state index is 0.0445. The molecule has 7 nitrogen and oxygen atoms in total. The molecule has 0 saturated carbocycles. The van der Waals surface area contributed by atoms with E-state index in [1.54, 1.807) is 24.3 Å². The van der Waals surface area contributed by atoms with Crippen LogP contribution in [0.15, 0.2) is 24.3 Å². The SMILES string of the molecule is N#Cc1c(N)nc2c(nnn2-c2cccc(Cl)c2)c1N. The maximum atomic E-state index is 9.00. The molecule has 3 rings (SSSR count). The first-order valence-corrected chi connectivity index (χ1v) is 5.96. The summed E-state index contributed by atoms with van der Waals surface area (Å²) in [6.45, 7) is 0. The van der Waals surface area contributed by atoms with Crippen molar-refractivity contribution in [1.29, 1.82) is 5.26 Å². The van der Waals surface area contributed by atoms with Gasteiger partial charge in [-0.1, -0.05) is 22.9 Å². The topological polar surface area (TPSA) is 119 Å². The molecule has 0 atom stereocenters. The van der Waals surface area contributed by atoms with Gasteiger partial charge < -0.3 is 11.5 Å². The Labute approximate surface area is 118 Å². The van der Waals surface area contributed by atoms with Crippen LogP contribution in [0.2, 0.25) is 5.02 Å². The Hall–Kier alpha value is -2.85. The fraction of sp³-hybridized carbons (Fsp3) is 0. The maximum Gasteiger partial charge on any atom is 0.187 e. The summed E-state index contributed by atoms with van der Waals surface area (Å²) < 4.78 is 1.47. The third-order valence-electron chi connectivity index (χ3n) is 2.82. The summed E-state index contributed by atoms with van der Waals surface area (Å²) >= 11 is 5.95. The quantitative estimate of drug-likeness (QED) is 0.699. The van der Waals surface area contributed by atoms with Crippen molar-refractivity contribution in [1.82, 2.24) is 20.0 Å². The second-order valence-electron chi connectivity index (χ2n) is 4.05. The van der Waals surface area contributed by atoms with Crippen LogP contribution in [0.5, 0.6) is 0 Å². The van der Waals surface area contributed by atoms with Crippen molar-refractivity contribution < 1.29 is 0 Å². The van der Waals surface area contributed by atoms with Crippen molar-refractivity contribution in [3.63, 3.8) is 0 Å². The standard InChI is InChI=1S/C12H8ClN7/c13-6-2-1-3-7(4-6)20-12-10(18-19-20)9(15)8(5-14)11(16)17-12/h1-4H,(H4,15,16,17). The highest BCUT2D eigenvalue weighted by molar-refractivity contribution is 6.30. The number of fused-ring (bicyclic) bond motifs is 1. The monoisotopic (exact) mass is 285 g/mol. The Morgan fingerprint density at radius 1 is 1.30 bits per heavy atom. The summed E-state index contributed by atoms with van der Waals surface area (Å²) in [5.74, 6) is 0.0445. The smallest absolute Gasteiger partial charge is 0.187 e. The first kappa shape index (κ1) is 12.2. The number of nitrogens with two attached hydrogens (primary N) is 2. The second kappa shape index (κ2) is 4.36. The molecule has 0 bridgehead atoms. The first-order chi connectivity index (χ1) is 9.61. The lowest BCUT2D eigenvalue weighted by Crippen LogP contribution is -2.03. The van der Waals surface area contributed by atoms with Gasteiger partial charge in [-0.25, -0.2) is 4.98 Å². The fourth-order valence-corrected chi connectivity index (χ4v) is 2.06. The molecule has 0 radical (unpaired) electrons. The zero-order valence-corrected chi connectivity index (χ0v) is 10.8. The lowest BCUT2D eigenvalue weighted by atomic mass is 10.2. The van der Waals surface area contributed by atoms with Crippen molar-refractivity contribution in [3.05, 3.63) is 34.9 Å².